The number of hydrogen-bond acceptors (Lipinski definition) is 2. The summed E-state index contributed by atoms with van der Waals surface area (Å²) in [6.07, 6.45) is -4.90. The average molecular weight is 237 g/mol. The summed E-state index contributed by atoms with van der Waals surface area (Å²) in [6.45, 7) is 0.272. The van der Waals surface area contributed by atoms with Crippen molar-refractivity contribution >= 4 is 0 Å². The summed E-state index contributed by atoms with van der Waals surface area (Å²) in [5.74, 6) is -0.664. The number of hydrogen-bond donors (Lipinski definition) is 2. The molecule has 0 aliphatic carbocycles. The van der Waals surface area contributed by atoms with Crippen LogP contribution in [0.4, 0.5) is 17.6 Å². The zero-order valence-corrected chi connectivity index (χ0v) is 8.48. The number of aliphatic hydroxyl groups is 1. The minimum absolute atomic E-state index is 0.00488. The molecule has 0 bridgehead atoms. The van der Waals surface area contributed by atoms with Gasteiger partial charge in [0.05, 0.1) is 0 Å². The number of rotatable bonds is 2. The SMILES string of the molecule is Cc1cc(F)ccc1C(O)(CN)C(F)(F)F. The van der Waals surface area contributed by atoms with Gasteiger partial charge in [-0.3, -0.25) is 0 Å². The minimum Gasteiger partial charge on any atom is -0.375 e. The summed E-state index contributed by atoms with van der Waals surface area (Å²) in [5, 5.41) is 9.53. The largest absolute Gasteiger partial charge is 0.422 e. The third-order valence-electron chi connectivity index (χ3n) is 2.40. The van der Waals surface area contributed by atoms with E-state index in [2.05, 4.69) is 0 Å². The Bertz CT molecular complexity index is 391. The Morgan fingerprint density at radius 2 is 1.88 bits per heavy atom. The van der Waals surface area contributed by atoms with Gasteiger partial charge in [0.25, 0.3) is 0 Å². The normalized spacial score (nSPS) is 15.9. The van der Waals surface area contributed by atoms with E-state index in [9.17, 15) is 22.7 Å². The molecule has 6 heteroatoms. The molecule has 0 saturated carbocycles. The van der Waals surface area contributed by atoms with Crippen molar-refractivity contribution < 1.29 is 22.7 Å². The molecule has 90 valence electrons. The van der Waals surface area contributed by atoms with Crippen molar-refractivity contribution in [2.45, 2.75) is 18.7 Å². The molecule has 0 radical (unpaired) electrons. The lowest BCUT2D eigenvalue weighted by atomic mass is 9.89. The highest BCUT2D eigenvalue weighted by Gasteiger charge is 2.54. The molecule has 1 aromatic rings. The van der Waals surface area contributed by atoms with Gasteiger partial charge in [0, 0.05) is 6.54 Å². The summed E-state index contributed by atoms with van der Waals surface area (Å²) in [6, 6.07) is 2.67. The molecule has 0 fully saturated rings. The third kappa shape index (κ3) is 2.03. The van der Waals surface area contributed by atoms with Crippen LogP contribution in [0.5, 0.6) is 0 Å². The lowest BCUT2D eigenvalue weighted by Crippen LogP contribution is -2.48. The number of benzene rings is 1. The van der Waals surface area contributed by atoms with Crippen molar-refractivity contribution in [1.82, 2.24) is 0 Å². The molecule has 0 aliphatic rings. The van der Waals surface area contributed by atoms with Crippen LogP contribution in [0.2, 0.25) is 0 Å². The summed E-state index contributed by atoms with van der Waals surface area (Å²) in [4.78, 5) is 0. The van der Waals surface area contributed by atoms with Crippen molar-refractivity contribution in [3.8, 4) is 0 Å². The number of nitrogens with two attached hydrogens (primary N) is 1. The van der Waals surface area contributed by atoms with Crippen LogP contribution in [0.25, 0.3) is 0 Å². The zero-order valence-electron chi connectivity index (χ0n) is 8.48. The second kappa shape index (κ2) is 4.03. The molecule has 3 N–H and O–H groups in total. The van der Waals surface area contributed by atoms with Crippen LogP contribution in [0.3, 0.4) is 0 Å². The number of aryl methyl sites for hydroxylation is 1. The highest BCUT2D eigenvalue weighted by Crippen LogP contribution is 2.39. The molecule has 0 heterocycles. The second-order valence-corrected chi connectivity index (χ2v) is 3.52. The van der Waals surface area contributed by atoms with Crippen LogP contribution in [-0.4, -0.2) is 17.8 Å². The van der Waals surface area contributed by atoms with E-state index >= 15 is 0 Å². The van der Waals surface area contributed by atoms with E-state index < -0.39 is 29.7 Å². The Hall–Kier alpha value is -1.14. The smallest absolute Gasteiger partial charge is 0.375 e. The molecule has 0 saturated heterocycles. The first-order valence-electron chi connectivity index (χ1n) is 4.48. The molecule has 16 heavy (non-hydrogen) atoms. The maximum atomic E-state index is 12.7. The molecular weight excluding hydrogens is 226 g/mol. The molecule has 1 aromatic carbocycles. The minimum atomic E-state index is -4.90. The number of halogens is 4. The molecule has 1 rings (SSSR count). The van der Waals surface area contributed by atoms with E-state index in [-0.39, 0.29) is 5.56 Å². The van der Waals surface area contributed by atoms with E-state index in [1.807, 2.05) is 0 Å². The molecule has 2 nitrogen and oxygen atoms in total. The van der Waals surface area contributed by atoms with Crippen molar-refractivity contribution in [3.63, 3.8) is 0 Å². The quantitative estimate of drug-likeness (QED) is 0.771. The highest BCUT2D eigenvalue weighted by atomic mass is 19.4. The third-order valence-corrected chi connectivity index (χ3v) is 2.40. The van der Waals surface area contributed by atoms with Gasteiger partial charge in [-0.25, -0.2) is 4.39 Å². The second-order valence-electron chi connectivity index (χ2n) is 3.52. The first-order valence-corrected chi connectivity index (χ1v) is 4.48. The van der Waals surface area contributed by atoms with E-state index in [4.69, 9.17) is 5.73 Å². The van der Waals surface area contributed by atoms with Gasteiger partial charge in [0.1, 0.15) is 5.82 Å². The van der Waals surface area contributed by atoms with Crippen molar-refractivity contribution in [2.24, 2.45) is 5.73 Å². The Kier molecular flexibility index (Phi) is 3.25. The maximum absolute atomic E-state index is 12.7. The van der Waals surface area contributed by atoms with E-state index in [0.717, 1.165) is 18.2 Å². The van der Waals surface area contributed by atoms with Gasteiger partial charge in [0.2, 0.25) is 0 Å². The fourth-order valence-electron chi connectivity index (χ4n) is 1.47. The van der Waals surface area contributed by atoms with Gasteiger partial charge in [-0.05, 0) is 30.2 Å². The average Bonchev–Trinajstić information content (AvgIpc) is 2.15. The van der Waals surface area contributed by atoms with Gasteiger partial charge in [-0.1, -0.05) is 6.07 Å². The molecular formula is C10H11F4NO. The zero-order chi connectivity index (χ0) is 12.6. The van der Waals surface area contributed by atoms with Gasteiger partial charge in [-0.15, -0.1) is 0 Å². The van der Waals surface area contributed by atoms with Gasteiger partial charge in [0.15, 0.2) is 5.60 Å². The molecule has 0 amide bonds. The van der Waals surface area contributed by atoms with Crippen molar-refractivity contribution in [2.75, 3.05) is 6.54 Å². The van der Waals surface area contributed by atoms with Gasteiger partial charge in [-0.2, -0.15) is 13.2 Å². The topological polar surface area (TPSA) is 46.2 Å². The van der Waals surface area contributed by atoms with Crippen LogP contribution in [-0.2, 0) is 5.60 Å². The maximum Gasteiger partial charge on any atom is 0.422 e. The van der Waals surface area contributed by atoms with E-state index in [1.54, 1.807) is 0 Å². The standard InChI is InChI=1S/C10H11F4NO/c1-6-4-7(11)2-3-8(6)9(16,5-15)10(12,13)14/h2-4,16H,5,15H2,1H3. The highest BCUT2D eigenvalue weighted by molar-refractivity contribution is 5.33. The first kappa shape index (κ1) is 12.9. The summed E-state index contributed by atoms with van der Waals surface area (Å²) < 4.78 is 50.7. The summed E-state index contributed by atoms with van der Waals surface area (Å²) in [7, 11) is 0. The van der Waals surface area contributed by atoms with E-state index in [0.29, 0.717) is 0 Å². The Balaban J connectivity index is 3.34. The van der Waals surface area contributed by atoms with Crippen LogP contribution in [0, 0.1) is 12.7 Å². The first-order chi connectivity index (χ1) is 7.22. The van der Waals surface area contributed by atoms with Crippen LogP contribution in [0.1, 0.15) is 11.1 Å². The molecule has 0 aromatic heterocycles. The van der Waals surface area contributed by atoms with Gasteiger partial charge >= 0.3 is 6.18 Å². The van der Waals surface area contributed by atoms with Crippen molar-refractivity contribution in [1.29, 1.82) is 0 Å². The molecule has 1 unspecified atom stereocenters. The lowest BCUT2D eigenvalue weighted by molar-refractivity contribution is -0.262. The fourth-order valence-corrected chi connectivity index (χ4v) is 1.47. The molecule has 0 aliphatic heterocycles. The van der Waals surface area contributed by atoms with E-state index in [1.165, 1.54) is 6.92 Å². The molecule has 0 spiro atoms. The fraction of sp³-hybridized carbons (Fsp3) is 0.400. The predicted octanol–water partition coefficient (Wildman–Crippen LogP) is 1.84. The van der Waals surface area contributed by atoms with Crippen LogP contribution < -0.4 is 5.73 Å². The van der Waals surface area contributed by atoms with Crippen molar-refractivity contribution in [3.05, 3.63) is 35.1 Å². The Labute approximate surface area is 89.7 Å². The van der Waals surface area contributed by atoms with Crippen LogP contribution in [0.15, 0.2) is 18.2 Å². The lowest BCUT2D eigenvalue weighted by Gasteiger charge is -2.30. The Morgan fingerprint density at radius 1 is 1.31 bits per heavy atom. The number of alkyl halides is 3. The van der Waals surface area contributed by atoms with Crippen LogP contribution >= 0.6 is 0 Å². The monoisotopic (exact) mass is 237 g/mol. The predicted molar refractivity (Wildman–Crippen MR) is 50.1 cm³/mol. The summed E-state index contributed by atoms with van der Waals surface area (Å²) >= 11 is 0. The Morgan fingerprint density at radius 3 is 2.25 bits per heavy atom. The van der Waals surface area contributed by atoms with Gasteiger partial charge < -0.3 is 10.8 Å². The summed E-state index contributed by atoms with van der Waals surface area (Å²) in [5.41, 5.74) is 1.41. The molecule has 1 atom stereocenters.